The van der Waals surface area contributed by atoms with Gasteiger partial charge in [0.2, 0.25) is 5.78 Å². The minimum atomic E-state index is -1.48. The van der Waals surface area contributed by atoms with Gasteiger partial charge in [0.1, 0.15) is 34.0 Å². The zero-order valence-electron chi connectivity index (χ0n) is 37.8. The maximum Gasteiger partial charge on any atom is 0.302 e. The van der Waals surface area contributed by atoms with E-state index in [4.69, 9.17) is 23.9 Å². The molecule has 14 heteroatoms. The number of esters is 1. The lowest BCUT2D eigenvalue weighted by molar-refractivity contribution is -0.238. The molecule has 4 aliphatic heterocycles. The summed E-state index contributed by atoms with van der Waals surface area (Å²) < 4.78 is 24.6. The number of aromatic hydroxyl groups is 2. The molecule has 4 bridgehead atoms. The van der Waals surface area contributed by atoms with Crippen LogP contribution in [0, 0.1) is 30.6 Å². The third kappa shape index (κ3) is 9.88. The van der Waals surface area contributed by atoms with E-state index in [0.29, 0.717) is 43.6 Å². The quantitative estimate of drug-likeness (QED) is 0.100. The second-order valence-electron chi connectivity index (χ2n) is 17.4. The van der Waals surface area contributed by atoms with E-state index >= 15 is 0 Å². The lowest BCUT2D eigenvalue weighted by atomic mass is 9.79. The predicted octanol–water partition coefficient (Wildman–Crippen LogP) is 6.26. The molecule has 2 aromatic carbocycles. The summed E-state index contributed by atoms with van der Waals surface area (Å²) in [6.07, 6.45) is 8.19. The first-order chi connectivity index (χ1) is 28.8. The highest BCUT2D eigenvalue weighted by Crippen LogP contribution is 2.49. The lowest BCUT2D eigenvalue weighted by Gasteiger charge is -2.41. The maximum absolute atomic E-state index is 14.5. The molecule has 0 aromatic heterocycles. The van der Waals surface area contributed by atoms with Gasteiger partial charge in [-0.15, -0.1) is 0 Å². The number of nitrogens with one attached hydrogen (secondary N) is 2. The van der Waals surface area contributed by atoms with Gasteiger partial charge in [0.05, 0.1) is 28.8 Å². The number of phenols is 2. The van der Waals surface area contributed by atoms with E-state index in [1.54, 1.807) is 53.0 Å². The van der Waals surface area contributed by atoms with Crippen molar-refractivity contribution in [3.8, 4) is 17.2 Å². The van der Waals surface area contributed by atoms with Crippen molar-refractivity contribution in [2.45, 2.75) is 138 Å². The van der Waals surface area contributed by atoms with E-state index in [0.717, 1.165) is 0 Å². The van der Waals surface area contributed by atoms with Gasteiger partial charge in [0, 0.05) is 61.7 Å². The van der Waals surface area contributed by atoms with Gasteiger partial charge in [-0.25, -0.2) is 4.99 Å². The van der Waals surface area contributed by atoms with Crippen LogP contribution in [-0.4, -0.2) is 89.0 Å². The number of nitrogens with zero attached hydrogens (tertiary/aromatic N) is 2. The Hall–Kier alpha value is -4.63. The summed E-state index contributed by atoms with van der Waals surface area (Å²) in [6, 6.07) is 0. The number of anilines is 1. The number of carbonyl (C=O) groups excluding carboxylic acids is 3. The van der Waals surface area contributed by atoms with Crippen LogP contribution < -0.4 is 26.1 Å². The number of piperidine rings is 1. The number of hydrogen-bond acceptors (Lipinski definition) is 13. The van der Waals surface area contributed by atoms with Crippen molar-refractivity contribution in [1.29, 1.82) is 0 Å². The molecular formula is C47H66N4O10. The SMILES string of the molecule is CC.COC1/C=C/C[C@H]2Oc3c(C)c(O)c4c(O)c(c5c(c4c3C2=O)NC2(CCNCC2)N=5)=NC(=O)/C(C)=C\C=C\C(C)C[C@@H](C)C(OC(C)(C)O)[C@@H](C)C(OC(C)=O)[C@@H]1C. The van der Waals surface area contributed by atoms with E-state index < -0.39 is 65.3 Å². The van der Waals surface area contributed by atoms with E-state index in [-0.39, 0.29) is 68.2 Å². The van der Waals surface area contributed by atoms with Gasteiger partial charge in [0.15, 0.2) is 17.6 Å². The average Bonchev–Trinajstić information content (AvgIpc) is 3.74. The zero-order chi connectivity index (χ0) is 45.1. The highest BCUT2D eigenvalue weighted by Gasteiger charge is 2.44. The average molecular weight is 847 g/mol. The number of aliphatic hydroxyl groups is 1. The fraction of sp³-hybridized carbons (Fsp3) is 0.596. The second-order valence-corrected chi connectivity index (χ2v) is 17.4. The van der Waals surface area contributed by atoms with Crippen LogP contribution in [0.4, 0.5) is 5.69 Å². The Morgan fingerprint density at radius 3 is 2.26 bits per heavy atom. The van der Waals surface area contributed by atoms with E-state index in [1.807, 2.05) is 53.7 Å². The molecule has 1 amide bonds. The Morgan fingerprint density at radius 1 is 0.967 bits per heavy atom. The minimum Gasteiger partial charge on any atom is -0.507 e. The van der Waals surface area contributed by atoms with Gasteiger partial charge >= 0.3 is 5.97 Å². The summed E-state index contributed by atoms with van der Waals surface area (Å²) in [4.78, 5) is 50.3. The number of fused-ring (bicyclic) bond motifs is 1. The molecule has 6 rings (SSSR count). The topological polar surface area (TPSA) is 198 Å². The van der Waals surface area contributed by atoms with Gasteiger partial charge < -0.3 is 44.9 Å². The number of hydrogen-bond donors (Lipinski definition) is 5. The van der Waals surface area contributed by atoms with Crippen LogP contribution in [0.3, 0.4) is 0 Å². The highest BCUT2D eigenvalue weighted by molar-refractivity contribution is 6.21. The van der Waals surface area contributed by atoms with Crippen molar-refractivity contribution in [3.63, 3.8) is 0 Å². The third-order valence-electron chi connectivity index (χ3n) is 12.1. The van der Waals surface area contributed by atoms with Crippen LogP contribution in [0.15, 0.2) is 45.9 Å². The molecule has 61 heavy (non-hydrogen) atoms. The van der Waals surface area contributed by atoms with Crippen LogP contribution in [-0.2, 0) is 23.8 Å². The number of rotatable bonds is 4. The van der Waals surface area contributed by atoms with E-state index in [9.17, 15) is 29.7 Å². The smallest absolute Gasteiger partial charge is 0.302 e. The molecule has 0 radical (unpaired) electrons. The molecule has 4 heterocycles. The molecule has 2 aromatic rings. The summed E-state index contributed by atoms with van der Waals surface area (Å²) in [5, 5.41) is 41.8. The number of ether oxygens (including phenoxy) is 4. The lowest BCUT2D eigenvalue weighted by Crippen LogP contribution is -2.47. The Labute approximate surface area is 359 Å². The van der Waals surface area contributed by atoms with E-state index in [1.165, 1.54) is 6.92 Å². The molecule has 4 aliphatic rings. The number of amides is 1. The second kappa shape index (κ2) is 19.2. The highest BCUT2D eigenvalue weighted by atomic mass is 16.6. The number of benzene rings is 2. The molecule has 1 saturated heterocycles. The van der Waals surface area contributed by atoms with Crippen molar-refractivity contribution in [1.82, 2.24) is 5.32 Å². The third-order valence-corrected chi connectivity index (χ3v) is 12.1. The molecule has 14 nitrogen and oxygen atoms in total. The summed E-state index contributed by atoms with van der Waals surface area (Å²) in [7, 11) is 1.56. The van der Waals surface area contributed by atoms with Gasteiger partial charge in [0.25, 0.3) is 5.91 Å². The number of ketones is 1. The molecule has 8 atom stereocenters. The van der Waals surface area contributed by atoms with Gasteiger partial charge in [-0.3, -0.25) is 19.4 Å². The molecule has 0 aliphatic carbocycles. The first kappa shape index (κ1) is 47.4. The Morgan fingerprint density at radius 2 is 1.64 bits per heavy atom. The number of methoxy groups -OCH3 is 1. The Balaban J connectivity index is 0.00000347. The summed E-state index contributed by atoms with van der Waals surface area (Å²) in [6.45, 7) is 21.0. The van der Waals surface area contributed by atoms with Crippen LogP contribution in [0.1, 0.15) is 111 Å². The normalized spacial score (nSPS) is 29.9. The Kier molecular flexibility index (Phi) is 14.9. The number of allylic oxidation sites excluding steroid dienone is 3. The van der Waals surface area contributed by atoms with Crippen molar-refractivity contribution in [2.75, 3.05) is 25.5 Å². The van der Waals surface area contributed by atoms with Crippen LogP contribution >= 0.6 is 0 Å². The van der Waals surface area contributed by atoms with Gasteiger partial charge in [-0.05, 0) is 59.0 Å². The van der Waals surface area contributed by atoms with Crippen LogP contribution in [0.25, 0.3) is 10.8 Å². The van der Waals surface area contributed by atoms with Crippen molar-refractivity contribution in [3.05, 3.63) is 57.8 Å². The zero-order valence-corrected chi connectivity index (χ0v) is 37.8. The predicted molar refractivity (Wildman–Crippen MR) is 233 cm³/mol. The summed E-state index contributed by atoms with van der Waals surface area (Å²) >= 11 is 0. The molecule has 1 fully saturated rings. The van der Waals surface area contributed by atoms with Crippen molar-refractivity contribution >= 4 is 34.1 Å². The van der Waals surface area contributed by atoms with Gasteiger partial charge in [-0.2, -0.15) is 0 Å². The van der Waals surface area contributed by atoms with Crippen molar-refractivity contribution in [2.24, 2.45) is 33.7 Å². The molecule has 0 saturated carbocycles. The molecular weight excluding hydrogens is 781 g/mol. The molecule has 5 N–H and O–H groups in total. The summed E-state index contributed by atoms with van der Waals surface area (Å²) in [5.74, 6) is -4.39. The number of Topliss-reactive ketones (excluding diaryl/α,β-unsaturated/α-hetero) is 1. The van der Waals surface area contributed by atoms with E-state index in [2.05, 4.69) is 15.6 Å². The number of carbonyl (C=O) groups is 3. The number of phenolic OH excluding ortho intramolecular Hbond substituents is 2. The van der Waals surface area contributed by atoms with Crippen LogP contribution in [0.5, 0.6) is 17.2 Å². The largest absolute Gasteiger partial charge is 0.507 e. The fourth-order valence-corrected chi connectivity index (χ4v) is 9.16. The first-order valence-electron chi connectivity index (χ1n) is 21.7. The molecule has 334 valence electrons. The fourth-order valence-electron chi connectivity index (χ4n) is 9.16. The Bertz CT molecular complexity index is 2220. The molecule has 1 spiro atoms. The molecule has 4 unspecified atom stereocenters. The monoisotopic (exact) mass is 846 g/mol. The minimum absolute atomic E-state index is 0.00231. The van der Waals surface area contributed by atoms with Crippen LogP contribution in [0.2, 0.25) is 0 Å². The van der Waals surface area contributed by atoms with Crippen molar-refractivity contribution < 1.29 is 48.7 Å². The first-order valence-corrected chi connectivity index (χ1v) is 21.7. The maximum atomic E-state index is 14.5. The van der Waals surface area contributed by atoms with Gasteiger partial charge in [-0.1, -0.05) is 71.9 Å². The standard InChI is InChI=1S/C45H60N4O10.C2H6/c1-22-13-11-14-23(2)43(54)47-36-35-34(48-45(49-35)17-19-46-20-18-45)31-32(39(36)53)37(51)26(5)42-33(31)38(52)30(58-42)16-12-15-29(56-10)25(4)41(57-28(7)50)27(6)40(24(3)21-22)59-44(8,9)55;1-2/h11-15,22,24-25,27,29-30,40-41,46,48,51,53,55H,16-21H2,1-10H3;1-2H3/b13-11+,15-12+,23-14-,47-36?;/t22?,24-,25-,27-,29?,30-,40?,41?;/m1./s1. The summed E-state index contributed by atoms with van der Waals surface area (Å²) in [5.41, 5.74) is 0.364.